The average Bonchev–Trinajstić information content (AvgIpc) is 2.63. The van der Waals surface area contributed by atoms with Crippen LogP contribution in [0.1, 0.15) is 45.3 Å². The molecule has 3 N–H and O–H groups in total. The lowest BCUT2D eigenvalue weighted by molar-refractivity contribution is 0.357. The molecule has 0 aliphatic carbocycles. The standard InChI is InChI=1S/C11H21ClN4/c1-4-6-16-11(9(12)7-14-16)10(15-13)8(3)5-2/h7-8,10,15H,4-6,13H2,1-3H3. The lowest BCUT2D eigenvalue weighted by Gasteiger charge is -2.23. The molecule has 5 heteroatoms. The first-order chi connectivity index (χ1) is 7.65. The van der Waals surface area contributed by atoms with Gasteiger partial charge in [-0.3, -0.25) is 16.0 Å². The zero-order chi connectivity index (χ0) is 12.1. The Morgan fingerprint density at radius 3 is 2.75 bits per heavy atom. The molecule has 1 aromatic heterocycles. The van der Waals surface area contributed by atoms with E-state index in [2.05, 4.69) is 31.3 Å². The minimum absolute atomic E-state index is 0.0616. The highest BCUT2D eigenvalue weighted by molar-refractivity contribution is 6.31. The summed E-state index contributed by atoms with van der Waals surface area (Å²) in [6.07, 6.45) is 3.77. The highest BCUT2D eigenvalue weighted by atomic mass is 35.5. The number of rotatable bonds is 6. The Bertz CT molecular complexity index is 324. The van der Waals surface area contributed by atoms with E-state index in [9.17, 15) is 0 Å². The third-order valence-electron chi connectivity index (χ3n) is 2.96. The SMILES string of the molecule is CCCn1ncc(Cl)c1C(NN)C(C)CC. The van der Waals surface area contributed by atoms with Crippen molar-refractivity contribution in [2.75, 3.05) is 0 Å². The quantitative estimate of drug-likeness (QED) is 0.597. The third-order valence-corrected chi connectivity index (χ3v) is 3.25. The summed E-state index contributed by atoms with van der Waals surface area (Å²) in [6, 6.07) is 0.0616. The maximum atomic E-state index is 6.18. The molecule has 0 aliphatic rings. The highest BCUT2D eigenvalue weighted by Gasteiger charge is 2.23. The lowest BCUT2D eigenvalue weighted by atomic mass is 9.97. The molecule has 16 heavy (non-hydrogen) atoms. The van der Waals surface area contributed by atoms with Gasteiger partial charge in [-0.05, 0) is 12.3 Å². The minimum atomic E-state index is 0.0616. The highest BCUT2D eigenvalue weighted by Crippen LogP contribution is 2.29. The zero-order valence-corrected chi connectivity index (χ0v) is 11.0. The molecule has 0 bridgehead atoms. The van der Waals surface area contributed by atoms with E-state index in [0.29, 0.717) is 10.9 Å². The van der Waals surface area contributed by atoms with E-state index < -0.39 is 0 Å². The topological polar surface area (TPSA) is 55.9 Å². The first kappa shape index (κ1) is 13.5. The van der Waals surface area contributed by atoms with Crippen molar-refractivity contribution in [1.29, 1.82) is 0 Å². The Hall–Kier alpha value is -0.580. The van der Waals surface area contributed by atoms with Gasteiger partial charge in [-0.15, -0.1) is 0 Å². The second-order valence-corrected chi connectivity index (χ2v) is 4.54. The van der Waals surface area contributed by atoms with E-state index in [-0.39, 0.29) is 6.04 Å². The molecule has 2 atom stereocenters. The molecule has 0 radical (unpaired) electrons. The van der Waals surface area contributed by atoms with E-state index >= 15 is 0 Å². The fraction of sp³-hybridized carbons (Fsp3) is 0.727. The van der Waals surface area contributed by atoms with Crippen molar-refractivity contribution >= 4 is 11.6 Å². The van der Waals surface area contributed by atoms with Gasteiger partial charge < -0.3 is 0 Å². The maximum absolute atomic E-state index is 6.18. The molecule has 0 aliphatic heterocycles. The summed E-state index contributed by atoms with van der Waals surface area (Å²) in [5.74, 6) is 6.05. The summed E-state index contributed by atoms with van der Waals surface area (Å²) in [5.41, 5.74) is 3.85. The van der Waals surface area contributed by atoms with Gasteiger partial charge in [0.1, 0.15) is 0 Å². The van der Waals surface area contributed by atoms with E-state index in [0.717, 1.165) is 25.1 Å². The summed E-state index contributed by atoms with van der Waals surface area (Å²) in [7, 11) is 0. The molecule has 4 nitrogen and oxygen atoms in total. The van der Waals surface area contributed by atoms with E-state index in [1.807, 2.05) is 4.68 Å². The van der Waals surface area contributed by atoms with Gasteiger partial charge in [0.2, 0.25) is 0 Å². The van der Waals surface area contributed by atoms with Crippen LogP contribution in [0.25, 0.3) is 0 Å². The molecule has 92 valence electrons. The van der Waals surface area contributed by atoms with Gasteiger partial charge in [-0.2, -0.15) is 5.10 Å². The second-order valence-electron chi connectivity index (χ2n) is 4.13. The normalized spacial score (nSPS) is 15.1. The van der Waals surface area contributed by atoms with Crippen LogP contribution in [-0.2, 0) is 6.54 Å². The van der Waals surface area contributed by atoms with Gasteiger partial charge >= 0.3 is 0 Å². The number of nitrogens with two attached hydrogens (primary N) is 1. The number of halogens is 1. The first-order valence-electron chi connectivity index (χ1n) is 5.82. The summed E-state index contributed by atoms with van der Waals surface area (Å²) in [6.45, 7) is 7.29. The van der Waals surface area contributed by atoms with Crippen LogP contribution in [0.3, 0.4) is 0 Å². The van der Waals surface area contributed by atoms with Crippen LogP contribution in [-0.4, -0.2) is 9.78 Å². The predicted octanol–water partition coefficient (Wildman–Crippen LogP) is 2.50. The van der Waals surface area contributed by atoms with Gasteiger partial charge in [-0.1, -0.05) is 38.8 Å². The number of hydrazine groups is 1. The lowest BCUT2D eigenvalue weighted by Crippen LogP contribution is -2.34. The number of aryl methyl sites for hydroxylation is 1. The van der Waals surface area contributed by atoms with E-state index in [4.69, 9.17) is 17.4 Å². The summed E-state index contributed by atoms with van der Waals surface area (Å²) >= 11 is 6.18. The van der Waals surface area contributed by atoms with Crippen molar-refractivity contribution < 1.29 is 0 Å². The van der Waals surface area contributed by atoms with Crippen LogP contribution < -0.4 is 11.3 Å². The Kier molecular flexibility index (Phi) is 5.25. The number of aromatic nitrogens is 2. The van der Waals surface area contributed by atoms with Crippen LogP contribution in [0.2, 0.25) is 5.02 Å². The van der Waals surface area contributed by atoms with Gasteiger partial charge in [0, 0.05) is 6.54 Å². The fourth-order valence-corrected chi connectivity index (χ4v) is 2.08. The Morgan fingerprint density at radius 1 is 1.56 bits per heavy atom. The van der Waals surface area contributed by atoms with Crippen molar-refractivity contribution in [2.24, 2.45) is 11.8 Å². The fourth-order valence-electron chi connectivity index (χ4n) is 1.82. The number of nitrogens with zero attached hydrogens (tertiary/aromatic N) is 2. The second kappa shape index (κ2) is 6.23. The monoisotopic (exact) mass is 244 g/mol. The molecular weight excluding hydrogens is 224 g/mol. The number of nitrogens with one attached hydrogen (secondary N) is 1. The third kappa shape index (κ3) is 2.75. The molecule has 0 amide bonds. The molecule has 1 aromatic rings. The zero-order valence-electron chi connectivity index (χ0n) is 10.2. The largest absolute Gasteiger partial charge is 0.271 e. The molecule has 0 fully saturated rings. The number of hydrogen-bond acceptors (Lipinski definition) is 3. The predicted molar refractivity (Wildman–Crippen MR) is 67.0 cm³/mol. The van der Waals surface area contributed by atoms with Crippen molar-refractivity contribution in [1.82, 2.24) is 15.2 Å². The summed E-state index contributed by atoms with van der Waals surface area (Å²) in [4.78, 5) is 0. The van der Waals surface area contributed by atoms with Gasteiger partial charge in [-0.25, -0.2) is 0 Å². The van der Waals surface area contributed by atoms with Crippen LogP contribution in [0.15, 0.2) is 6.20 Å². The van der Waals surface area contributed by atoms with Gasteiger partial charge in [0.15, 0.2) is 0 Å². The maximum Gasteiger partial charge on any atom is 0.0834 e. The average molecular weight is 245 g/mol. The van der Waals surface area contributed by atoms with E-state index in [1.54, 1.807) is 6.20 Å². The van der Waals surface area contributed by atoms with Crippen molar-refractivity contribution in [2.45, 2.75) is 46.2 Å². The minimum Gasteiger partial charge on any atom is -0.271 e. The van der Waals surface area contributed by atoms with Gasteiger partial charge in [0.05, 0.1) is 23.0 Å². The summed E-state index contributed by atoms with van der Waals surface area (Å²) in [5, 5.41) is 4.97. The molecule has 0 saturated carbocycles. The molecule has 0 aromatic carbocycles. The van der Waals surface area contributed by atoms with E-state index in [1.165, 1.54) is 0 Å². The van der Waals surface area contributed by atoms with Crippen LogP contribution in [0.5, 0.6) is 0 Å². The smallest absolute Gasteiger partial charge is 0.0834 e. The Morgan fingerprint density at radius 2 is 2.25 bits per heavy atom. The summed E-state index contributed by atoms with van der Waals surface area (Å²) < 4.78 is 1.94. The Balaban J connectivity index is 3.02. The first-order valence-corrected chi connectivity index (χ1v) is 6.20. The van der Waals surface area contributed by atoms with Crippen molar-refractivity contribution in [3.8, 4) is 0 Å². The molecule has 2 unspecified atom stereocenters. The van der Waals surface area contributed by atoms with Gasteiger partial charge in [0.25, 0.3) is 0 Å². The molecule has 1 rings (SSSR count). The Labute approximate surface area is 102 Å². The molecule has 0 spiro atoms. The molecule has 1 heterocycles. The van der Waals surface area contributed by atoms with Crippen molar-refractivity contribution in [3.63, 3.8) is 0 Å². The van der Waals surface area contributed by atoms with Crippen LogP contribution in [0, 0.1) is 5.92 Å². The van der Waals surface area contributed by atoms with Crippen LogP contribution in [0.4, 0.5) is 0 Å². The molecular formula is C11H21ClN4. The molecule has 0 saturated heterocycles. The van der Waals surface area contributed by atoms with Crippen molar-refractivity contribution in [3.05, 3.63) is 16.9 Å². The van der Waals surface area contributed by atoms with Crippen LogP contribution >= 0.6 is 11.6 Å². The number of hydrogen-bond donors (Lipinski definition) is 2.